The molecule has 0 bridgehead atoms. The number of hydrogen-bond donors (Lipinski definition) is 1. The first kappa shape index (κ1) is 14.1. The highest BCUT2D eigenvalue weighted by Gasteiger charge is 2.16. The van der Waals surface area contributed by atoms with Crippen LogP contribution in [-0.4, -0.2) is 39.0 Å². The van der Waals surface area contributed by atoms with Gasteiger partial charge in [0.25, 0.3) is 0 Å². The molecule has 100 valence electrons. The summed E-state index contributed by atoms with van der Waals surface area (Å²) in [5.41, 5.74) is -0.248. The predicted molar refractivity (Wildman–Crippen MR) is 64.2 cm³/mol. The van der Waals surface area contributed by atoms with Gasteiger partial charge in [0.1, 0.15) is 11.3 Å². The molecule has 7 nitrogen and oxygen atoms in total. The number of Topliss-reactive ketones (excluding diaryl/α,β-unsaturated/α-hetero) is 1. The monoisotopic (exact) mass is 254 g/mol. The summed E-state index contributed by atoms with van der Waals surface area (Å²) in [7, 11) is 1.68. The average molecular weight is 254 g/mol. The summed E-state index contributed by atoms with van der Waals surface area (Å²) < 4.78 is 6.49. The van der Waals surface area contributed by atoms with Crippen LogP contribution in [0.3, 0.4) is 0 Å². The van der Waals surface area contributed by atoms with E-state index < -0.39 is 11.7 Å². The van der Waals surface area contributed by atoms with Crippen LogP contribution in [0.5, 0.6) is 0 Å². The van der Waals surface area contributed by atoms with E-state index in [9.17, 15) is 9.59 Å². The molecule has 7 heteroatoms. The summed E-state index contributed by atoms with van der Waals surface area (Å²) in [4.78, 5) is 22.9. The minimum atomic E-state index is -0.543. The quantitative estimate of drug-likeness (QED) is 0.807. The summed E-state index contributed by atoms with van der Waals surface area (Å²) in [6.45, 7) is 5.54. The highest BCUT2D eigenvalue weighted by molar-refractivity contribution is 5.94. The van der Waals surface area contributed by atoms with Crippen molar-refractivity contribution in [3.8, 4) is 0 Å². The van der Waals surface area contributed by atoms with E-state index in [1.165, 1.54) is 10.9 Å². The van der Waals surface area contributed by atoms with Crippen LogP contribution in [0.1, 0.15) is 37.7 Å². The van der Waals surface area contributed by atoms with Gasteiger partial charge in [0, 0.05) is 20.0 Å². The summed E-state index contributed by atoms with van der Waals surface area (Å²) in [5.74, 6) is -0.167. The number of aryl methyl sites for hydroxylation is 1. The minimum absolute atomic E-state index is 0.165. The maximum atomic E-state index is 11.6. The molecular weight excluding hydrogens is 236 g/mol. The molecule has 1 aromatic heterocycles. The van der Waals surface area contributed by atoms with Crippen LogP contribution in [0.4, 0.5) is 4.79 Å². The van der Waals surface area contributed by atoms with Gasteiger partial charge in [-0.1, -0.05) is 5.21 Å². The second-order valence-electron chi connectivity index (χ2n) is 4.88. The molecule has 0 aliphatic carbocycles. The van der Waals surface area contributed by atoms with Crippen LogP contribution < -0.4 is 5.32 Å². The van der Waals surface area contributed by atoms with E-state index in [0.29, 0.717) is 5.69 Å². The number of nitrogens with one attached hydrogen (secondary N) is 1. The molecule has 0 spiro atoms. The number of hydrogen-bond acceptors (Lipinski definition) is 5. The molecule has 1 rings (SSSR count). The van der Waals surface area contributed by atoms with Crippen LogP contribution in [0.25, 0.3) is 0 Å². The van der Waals surface area contributed by atoms with Crippen LogP contribution in [-0.2, 0) is 11.8 Å². The first-order chi connectivity index (χ1) is 8.28. The lowest BCUT2D eigenvalue weighted by Gasteiger charge is -2.19. The van der Waals surface area contributed by atoms with Crippen molar-refractivity contribution in [2.24, 2.45) is 7.05 Å². The first-order valence-corrected chi connectivity index (χ1v) is 5.64. The smallest absolute Gasteiger partial charge is 0.407 e. The number of rotatable bonds is 4. The fourth-order valence-electron chi connectivity index (χ4n) is 1.20. The van der Waals surface area contributed by atoms with E-state index in [-0.39, 0.29) is 18.7 Å². The van der Waals surface area contributed by atoms with Gasteiger partial charge < -0.3 is 10.1 Å². The minimum Gasteiger partial charge on any atom is -0.444 e. The van der Waals surface area contributed by atoms with Gasteiger partial charge in [-0.2, -0.15) is 0 Å². The molecular formula is C11H18N4O3. The van der Waals surface area contributed by atoms with Crippen molar-refractivity contribution in [2.45, 2.75) is 32.8 Å². The van der Waals surface area contributed by atoms with Gasteiger partial charge in [0.2, 0.25) is 0 Å². The molecule has 18 heavy (non-hydrogen) atoms. The SMILES string of the molecule is Cn1cc(C(=O)CCNC(=O)OC(C)(C)C)nn1. The van der Waals surface area contributed by atoms with Crippen molar-refractivity contribution < 1.29 is 14.3 Å². The number of alkyl carbamates (subject to hydrolysis) is 1. The molecule has 0 aromatic carbocycles. The third-order valence-electron chi connectivity index (χ3n) is 1.91. The molecule has 0 radical (unpaired) electrons. The van der Waals surface area contributed by atoms with Crippen LogP contribution in [0.15, 0.2) is 6.20 Å². The normalized spacial score (nSPS) is 11.1. The van der Waals surface area contributed by atoms with E-state index in [2.05, 4.69) is 15.6 Å². The molecule has 0 atom stereocenters. The molecule has 0 saturated carbocycles. The number of amides is 1. The van der Waals surface area contributed by atoms with Gasteiger partial charge in [-0.05, 0) is 20.8 Å². The molecule has 0 aliphatic rings. The zero-order valence-electron chi connectivity index (χ0n) is 11.1. The third-order valence-corrected chi connectivity index (χ3v) is 1.91. The first-order valence-electron chi connectivity index (χ1n) is 5.64. The Morgan fingerprint density at radius 1 is 1.44 bits per heavy atom. The van der Waals surface area contributed by atoms with E-state index in [1.54, 1.807) is 27.8 Å². The predicted octanol–water partition coefficient (Wildman–Crippen LogP) is 0.913. The molecule has 0 fully saturated rings. The lowest BCUT2D eigenvalue weighted by molar-refractivity contribution is 0.0527. The second-order valence-corrected chi connectivity index (χ2v) is 4.88. The second kappa shape index (κ2) is 5.61. The summed E-state index contributed by atoms with van der Waals surface area (Å²) in [5, 5.41) is 9.87. The number of carbonyl (C=O) groups is 2. The Hall–Kier alpha value is -1.92. The number of carbonyl (C=O) groups excluding carboxylic acids is 2. The van der Waals surface area contributed by atoms with E-state index in [1.807, 2.05) is 0 Å². The van der Waals surface area contributed by atoms with Gasteiger partial charge in [-0.15, -0.1) is 5.10 Å². The van der Waals surface area contributed by atoms with Gasteiger partial charge in [-0.3, -0.25) is 9.48 Å². The lowest BCUT2D eigenvalue weighted by atomic mass is 10.2. The van der Waals surface area contributed by atoms with E-state index in [0.717, 1.165) is 0 Å². The van der Waals surface area contributed by atoms with Crippen LogP contribution in [0, 0.1) is 0 Å². The fraction of sp³-hybridized carbons (Fsp3) is 0.636. The molecule has 0 unspecified atom stereocenters. The number of nitrogens with zero attached hydrogens (tertiary/aromatic N) is 3. The van der Waals surface area contributed by atoms with Crippen molar-refractivity contribution >= 4 is 11.9 Å². The third kappa shape index (κ3) is 4.94. The van der Waals surface area contributed by atoms with Crippen molar-refractivity contribution in [2.75, 3.05) is 6.54 Å². The number of ether oxygens (including phenoxy) is 1. The van der Waals surface area contributed by atoms with E-state index >= 15 is 0 Å². The van der Waals surface area contributed by atoms with Crippen LogP contribution in [0.2, 0.25) is 0 Å². The number of ketones is 1. The van der Waals surface area contributed by atoms with Crippen molar-refractivity contribution in [1.29, 1.82) is 0 Å². The van der Waals surface area contributed by atoms with Crippen molar-refractivity contribution in [3.63, 3.8) is 0 Å². The topological polar surface area (TPSA) is 86.1 Å². The molecule has 0 aliphatic heterocycles. The molecule has 1 heterocycles. The van der Waals surface area contributed by atoms with Gasteiger partial charge in [-0.25, -0.2) is 4.79 Å². The largest absolute Gasteiger partial charge is 0.444 e. The molecule has 1 amide bonds. The molecule has 1 aromatic rings. The Bertz CT molecular complexity index is 434. The Morgan fingerprint density at radius 3 is 2.61 bits per heavy atom. The maximum Gasteiger partial charge on any atom is 0.407 e. The van der Waals surface area contributed by atoms with Crippen molar-refractivity contribution in [3.05, 3.63) is 11.9 Å². The van der Waals surface area contributed by atoms with Gasteiger partial charge in [0.05, 0.1) is 6.20 Å². The Labute approximate surface area is 105 Å². The highest BCUT2D eigenvalue weighted by Crippen LogP contribution is 2.06. The maximum absolute atomic E-state index is 11.6. The zero-order chi connectivity index (χ0) is 13.8. The zero-order valence-corrected chi connectivity index (χ0v) is 11.1. The summed E-state index contributed by atoms with van der Waals surface area (Å²) in [6, 6.07) is 0. The summed E-state index contributed by atoms with van der Waals surface area (Å²) >= 11 is 0. The highest BCUT2D eigenvalue weighted by atomic mass is 16.6. The van der Waals surface area contributed by atoms with Crippen molar-refractivity contribution in [1.82, 2.24) is 20.3 Å². The lowest BCUT2D eigenvalue weighted by Crippen LogP contribution is -2.33. The Balaban J connectivity index is 2.30. The molecule has 1 N–H and O–H groups in total. The standard InChI is InChI=1S/C11H18N4O3/c1-11(2,3)18-10(17)12-6-5-9(16)8-7-15(4)14-13-8/h7H,5-6H2,1-4H3,(H,12,17). The van der Waals surface area contributed by atoms with Gasteiger partial charge in [0.15, 0.2) is 5.78 Å². The average Bonchev–Trinajstić information content (AvgIpc) is 2.62. The fourth-order valence-corrected chi connectivity index (χ4v) is 1.20. The number of aromatic nitrogens is 3. The molecule has 0 saturated heterocycles. The Kier molecular flexibility index (Phi) is 4.41. The van der Waals surface area contributed by atoms with Gasteiger partial charge >= 0.3 is 6.09 Å². The summed E-state index contributed by atoms with van der Waals surface area (Å²) in [6.07, 6.45) is 1.17. The Morgan fingerprint density at radius 2 is 2.11 bits per heavy atom. The van der Waals surface area contributed by atoms with Crippen LogP contribution >= 0.6 is 0 Å². The van der Waals surface area contributed by atoms with E-state index in [4.69, 9.17) is 4.74 Å².